The van der Waals surface area contributed by atoms with Crippen LogP contribution in [0.2, 0.25) is 0 Å². The van der Waals surface area contributed by atoms with Gasteiger partial charge in [0.2, 0.25) is 0 Å². The second-order valence-electron chi connectivity index (χ2n) is 35.3. The Kier molecular flexibility index (Phi) is 18.2. The predicted molar refractivity (Wildman–Crippen MR) is 384 cm³/mol. The molecule has 1 aliphatic rings. The van der Waals surface area contributed by atoms with Crippen molar-refractivity contribution in [3.05, 3.63) is 279 Å². The number of fused-ring (bicyclic) bond motifs is 16. The van der Waals surface area contributed by atoms with Gasteiger partial charge in [0.1, 0.15) is 0 Å². The van der Waals surface area contributed by atoms with Crippen molar-refractivity contribution in [3.63, 3.8) is 0 Å². The van der Waals surface area contributed by atoms with E-state index in [-0.39, 0.29) is 43.3 Å². The van der Waals surface area contributed by atoms with Crippen LogP contribution in [0.5, 0.6) is 0 Å². The molecule has 0 fully saturated rings. The molecular formula is C88H112. The summed E-state index contributed by atoms with van der Waals surface area (Å²) in [5.74, 6) is 0. The van der Waals surface area contributed by atoms with Crippen molar-refractivity contribution in [1.29, 1.82) is 0 Å². The van der Waals surface area contributed by atoms with E-state index in [4.69, 9.17) is 0 Å². The van der Waals surface area contributed by atoms with Crippen molar-refractivity contribution >= 4 is 0 Å². The third-order valence-electron chi connectivity index (χ3n) is 19.0. The summed E-state index contributed by atoms with van der Waals surface area (Å²) in [5.41, 5.74) is 33.9. The fraction of sp³-hybridized carbons (Fsp3) is 0.455. The van der Waals surface area contributed by atoms with Gasteiger partial charge in [0, 0.05) is 0 Å². The maximum absolute atomic E-state index is 2.57. The summed E-state index contributed by atoms with van der Waals surface area (Å²) in [6, 6.07) is 59.7. The maximum atomic E-state index is 2.57. The number of hydrogen-bond donors (Lipinski definition) is 0. The van der Waals surface area contributed by atoms with Gasteiger partial charge >= 0.3 is 0 Å². The van der Waals surface area contributed by atoms with Gasteiger partial charge in [-0.05, 0) is 228 Å². The van der Waals surface area contributed by atoms with Crippen molar-refractivity contribution in [3.8, 4) is 0 Å². The Labute approximate surface area is 536 Å². The van der Waals surface area contributed by atoms with Crippen LogP contribution in [-0.2, 0) is 94.7 Å². The Morgan fingerprint density at radius 2 is 0.239 bits per heavy atom. The minimum atomic E-state index is -0.00923. The van der Waals surface area contributed by atoms with Crippen LogP contribution in [0.15, 0.2) is 146 Å². The molecule has 464 valence electrons. The molecule has 8 aromatic carbocycles. The Balaban J connectivity index is 1.25. The molecule has 0 saturated heterocycles. The lowest BCUT2D eigenvalue weighted by Gasteiger charge is -2.28. The van der Waals surface area contributed by atoms with Gasteiger partial charge < -0.3 is 0 Å². The fourth-order valence-electron chi connectivity index (χ4n) is 14.8. The van der Waals surface area contributed by atoms with Crippen LogP contribution in [0.3, 0.4) is 0 Å². The second kappa shape index (κ2) is 24.2. The molecule has 0 amide bonds. The molecule has 0 saturated carbocycles. The Hall–Kier alpha value is -6.24. The van der Waals surface area contributed by atoms with E-state index in [1.54, 1.807) is 0 Å². The van der Waals surface area contributed by atoms with Gasteiger partial charge in [0.05, 0.1) is 0 Å². The highest BCUT2D eigenvalue weighted by atomic mass is 14.3. The van der Waals surface area contributed by atoms with Crippen LogP contribution in [0.1, 0.15) is 300 Å². The van der Waals surface area contributed by atoms with E-state index in [0.717, 1.165) is 51.4 Å². The van der Waals surface area contributed by atoms with Gasteiger partial charge in [-0.3, -0.25) is 0 Å². The molecule has 0 radical (unpaired) electrons. The number of rotatable bonds is 0. The average Bonchev–Trinajstić information content (AvgIpc) is 1.12. The van der Waals surface area contributed by atoms with Crippen LogP contribution in [0, 0.1) is 0 Å². The molecular weight excluding hydrogens is 1060 g/mol. The molecule has 0 nitrogen and oxygen atoms in total. The zero-order chi connectivity index (χ0) is 64.5. The zero-order valence-electron chi connectivity index (χ0n) is 59.5. The highest BCUT2D eigenvalue weighted by molar-refractivity contribution is 5.52. The smallest absolute Gasteiger partial charge is 0.00226 e. The number of hydrogen-bond acceptors (Lipinski definition) is 0. The summed E-state index contributed by atoms with van der Waals surface area (Å²) in [4.78, 5) is 0. The van der Waals surface area contributed by atoms with Crippen molar-refractivity contribution in [1.82, 2.24) is 0 Å². The Morgan fingerprint density at radius 1 is 0.148 bits per heavy atom. The van der Waals surface area contributed by atoms with Gasteiger partial charge in [0.25, 0.3) is 0 Å². The normalized spacial score (nSPS) is 14.5. The van der Waals surface area contributed by atoms with E-state index in [1.807, 2.05) is 0 Å². The van der Waals surface area contributed by atoms with E-state index >= 15 is 0 Å². The third kappa shape index (κ3) is 15.7. The third-order valence-corrected chi connectivity index (χ3v) is 19.0. The lowest BCUT2D eigenvalue weighted by Crippen LogP contribution is -2.18. The summed E-state index contributed by atoms with van der Waals surface area (Å²) in [7, 11) is 0. The first-order chi connectivity index (χ1) is 40.6. The van der Waals surface area contributed by atoms with Crippen molar-refractivity contribution in [2.45, 2.75) is 261 Å². The molecule has 0 atom stereocenters. The highest BCUT2D eigenvalue weighted by Gasteiger charge is 2.28. The molecule has 9 rings (SSSR count). The summed E-state index contributed by atoms with van der Waals surface area (Å²) >= 11 is 0. The summed E-state index contributed by atoms with van der Waals surface area (Å²) in [5, 5.41) is 0. The minimum absolute atomic E-state index is 0.00923. The first-order valence-electron chi connectivity index (χ1n) is 33.6. The second-order valence-corrected chi connectivity index (χ2v) is 35.3. The van der Waals surface area contributed by atoms with Crippen molar-refractivity contribution < 1.29 is 0 Å². The molecule has 1 aliphatic carbocycles. The molecule has 0 heteroatoms. The number of benzene rings is 8. The molecule has 0 aliphatic heterocycles. The van der Waals surface area contributed by atoms with E-state index in [2.05, 4.69) is 312 Å². The van der Waals surface area contributed by atoms with Gasteiger partial charge in [-0.25, -0.2) is 0 Å². The van der Waals surface area contributed by atoms with Crippen LogP contribution in [0.25, 0.3) is 0 Å². The molecule has 88 heavy (non-hydrogen) atoms. The molecule has 0 N–H and O–H groups in total. The van der Waals surface area contributed by atoms with E-state index < -0.39 is 0 Å². The van der Waals surface area contributed by atoms with Crippen LogP contribution >= 0.6 is 0 Å². The first-order valence-corrected chi connectivity index (χ1v) is 33.6. The summed E-state index contributed by atoms with van der Waals surface area (Å²) < 4.78 is 0. The average molecular weight is 1170 g/mol. The largest absolute Gasteiger partial charge is 0.0584 e. The van der Waals surface area contributed by atoms with Crippen molar-refractivity contribution in [2.75, 3.05) is 0 Å². The summed E-state index contributed by atoms with van der Waals surface area (Å²) in [6.07, 6.45) is 7.12. The van der Waals surface area contributed by atoms with Crippen molar-refractivity contribution in [2.24, 2.45) is 0 Å². The lowest BCUT2D eigenvalue weighted by atomic mass is 9.77. The Morgan fingerprint density at radius 3 is 0.318 bits per heavy atom. The SMILES string of the molecule is CC(C)(C)c1ccc2cc1Cc1ccc(C(C)(C)C)c(c1)Cc1ccc(C(C)(C)C)c(c1)Cc1ccc(C(C)(C)C)c(c1)Cc1ccc(C(C)(C)C)c(c1)Cc1ccc(C(C)(C)C)c(c1)Cc1ccc(C(C)(C)C)c(c1)Cc1ccc(C(C)(C)C)c(c1)C2. The van der Waals surface area contributed by atoms with Crippen LogP contribution in [0.4, 0.5) is 0 Å². The highest BCUT2D eigenvalue weighted by Crippen LogP contribution is 2.40. The summed E-state index contributed by atoms with van der Waals surface area (Å²) in [6.45, 7) is 57.3. The molecule has 0 spiro atoms. The molecule has 0 aromatic heterocycles. The predicted octanol–water partition coefficient (Wildman–Crippen LogP) is 23.1. The fourth-order valence-corrected chi connectivity index (χ4v) is 14.8. The van der Waals surface area contributed by atoms with Crippen LogP contribution < -0.4 is 0 Å². The molecule has 0 unspecified atom stereocenters. The molecule has 16 bridgehead atoms. The Bertz CT molecular complexity index is 3080. The van der Waals surface area contributed by atoms with E-state index in [9.17, 15) is 0 Å². The standard InChI is InChI=1S/C88H112/c1-81(2,3)73-33-25-57-41-65(73)49-58-26-34-74(82(4,5)6)66(42-58)51-60-28-36-76(84(10,11)12)68(44-60)53-62-30-38-78(86(16,17)18)70(46-62)55-64-32-40-80(88(22,23)24)72(48-64)56-63-31-39-79(87(19,20)21)71(47-63)54-61-29-37-77(85(13,14)15)69(45-61)52-59-27-35-75(83(7,8)9)67(43-59)50-57/h25-48H,49-56H2,1-24H3. The van der Waals surface area contributed by atoms with Gasteiger partial charge in [-0.1, -0.05) is 312 Å². The van der Waals surface area contributed by atoms with Gasteiger partial charge in [-0.2, -0.15) is 0 Å². The molecule has 8 aromatic rings. The van der Waals surface area contributed by atoms with E-state index in [1.165, 1.54) is 134 Å². The lowest BCUT2D eigenvalue weighted by molar-refractivity contribution is 0.581. The maximum Gasteiger partial charge on any atom is -0.00226 e. The minimum Gasteiger partial charge on any atom is -0.0584 e. The van der Waals surface area contributed by atoms with E-state index in [0.29, 0.717) is 0 Å². The quantitative estimate of drug-likeness (QED) is 0.142. The topological polar surface area (TPSA) is 0 Å². The monoisotopic (exact) mass is 1170 g/mol. The zero-order valence-corrected chi connectivity index (χ0v) is 59.5. The van der Waals surface area contributed by atoms with Gasteiger partial charge in [0.15, 0.2) is 0 Å². The van der Waals surface area contributed by atoms with Gasteiger partial charge in [-0.15, -0.1) is 0 Å². The van der Waals surface area contributed by atoms with Crippen LogP contribution in [-0.4, -0.2) is 0 Å². The molecule has 0 heterocycles. The first kappa shape index (κ1) is 66.2.